The summed E-state index contributed by atoms with van der Waals surface area (Å²) in [4.78, 5) is 2.99. The lowest BCUT2D eigenvalue weighted by molar-refractivity contribution is 0.456. The summed E-state index contributed by atoms with van der Waals surface area (Å²) in [5.41, 5.74) is 1.50. The van der Waals surface area contributed by atoms with Gasteiger partial charge in [0, 0.05) is 23.0 Å². The number of hydrogen-bond acceptors (Lipinski definition) is 2. The number of hydrogen-bond donors (Lipinski definition) is 2. The second kappa shape index (κ2) is 3.42. The molecule has 13 heavy (non-hydrogen) atoms. The number of nitrogens with one attached hydrogen (secondary N) is 1. The molecule has 2 N–H and O–H groups in total. The Morgan fingerprint density at radius 3 is 2.85 bits per heavy atom. The summed E-state index contributed by atoms with van der Waals surface area (Å²) in [5, 5.41) is 10.3. The molecule has 3 nitrogen and oxygen atoms in total. The van der Waals surface area contributed by atoms with Gasteiger partial charge in [0.15, 0.2) is 0 Å². The van der Waals surface area contributed by atoms with Crippen molar-refractivity contribution in [3.05, 3.63) is 30.3 Å². The van der Waals surface area contributed by atoms with Crippen molar-refractivity contribution in [3.63, 3.8) is 0 Å². The highest BCUT2D eigenvalue weighted by molar-refractivity contribution is 6.63. The first-order valence-electron chi connectivity index (χ1n) is 3.84. The van der Waals surface area contributed by atoms with Crippen molar-refractivity contribution in [1.29, 1.82) is 0 Å². The van der Waals surface area contributed by atoms with Gasteiger partial charge in [-0.1, -0.05) is 18.2 Å². The minimum atomic E-state index is -1.10. The molecule has 1 heterocycles. The first kappa shape index (κ1) is 8.63. The van der Waals surface area contributed by atoms with Crippen LogP contribution in [0.1, 0.15) is 0 Å². The van der Waals surface area contributed by atoms with E-state index in [4.69, 9.17) is 11.9 Å². The van der Waals surface area contributed by atoms with Gasteiger partial charge in [0.25, 0.3) is 0 Å². The molecule has 0 spiro atoms. The van der Waals surface area contributed by atoms with Crippen molar-refractivity contribution >= 4 is 35.5 Å². The Bertz CT molecular complexity index is 384. The van der Waals surface area contributed by atoms with Crippen LogP contribution in [-0.2, 0) is 4.21 Å². The zero-order valence-corrected chi connectivity index (χ0v) is 7.45. The Kier molecular flexibility index (Phi) is 2.27. The molecule has 1 aromatic carbocycles. The van der Waals surface area contributed by atoms with Gasteiger partial charge in [-0.2, -0.15) is 0 Å². The molecule has 66 valence electrons. The number of aromatic nitrogens is 1. The van der Waals surface area contributed by atoms with Crippen molar-refractivity contribution in [2.75, 3.05) is 0 Å². The molecular formula is C8H7BClNO2. The van der Waals surface area contributed by atoms with E-state index in [2.05, 4.69) is 9.19 Å². The zero-order valence-electron chi connectivity index (χ0n) is 6.70. The van der Waals surface area contributed by atoms with E-state index in [1.165, 1.54) is 0 Å². The fourth-order valence-corrected chi connectivity index (χ4v) is 1.37. The number of aromatic amines is 1. The van der Waals surface area contributed by atoms with Crippen molar-refractivity contribution < 1.29 is 9.23 Å². The predicted octanol–water partition coefficient (Wildman–Crippen LogP) is 1.03. The largest absolute Gasteiger partial charge is 0.525 e. The summed E-state index contributed by atoms with van der Waals surface area (Å²) < 4.78 is 4.26. The molecule has 5 heteroatoms. The smallest absolute Gasteiger partial charge is 0.421 e. The molecule has 2 aromatic rings. The van der Waals surface area contributed by atoms with E-state index in [1.54, 1.807) is 6.07 Å². The third-order valence-electron chi connectivity index (χ3n) is 1.90. The van der Waals surface area contributed by atoms with Crippen LogP contribution in [0.5, 0.6) is 0 Å². The lowest BCUT2D eigenvalue weighted by Crippen LogP contribution is -2.31. The highest BCUT2D eigenvalue weighted by Gasteiger charge is 2.18. The molecule has 0 amide bonds. The summed E-state index contributed by atoms with van der Waals surface area (Å²) in [6.07, 6.45) is 0. The summed E-state index contributed by atoms with van der Waals surface area (Å²) in [6, 6.07) is 9.49. The second-order valence-electron chi connectivity index (χ2n) is 2.75. The molecule has 0 aliphatic carbocycles. The topological polar surface area (TPSA) is 45.2 Å². The Labute approximate surface area is 80.6 Å². The molecule has 0 aliphatic heterocycles. The molecular weight excluding hydrogens is 188 g/mol. The van der Waals surface area contributed by atoms with Crippen molar-refractivity contribution in [1.82, 2.24) is 4.98 Å². The number of fused-ring (bicyclic) bond motifs is 1. The van der Waals surface area contributed by atoms with Gasteiger partial charge < -0.3 is 14.2 Å². The number of halogens is 1. The molecule has 0 aliphatic rings. The van der Waals surface area contributed by atoms with Gasteiger partial charge in [0.05, 0.1) is 0 Å². The Balaban J connectivity index is 2.49. The van der Waals surface area contributed by atoms with Crippen LogP contribution >= 0.6 is 11.9 Å². The first-order valence-corrected chi connectivity index (χ1v) is 4.15. The van der Waals surface area contributed by atoms with E-state index >= 15 is 0 Å². The molecule has 2 rings (SSSR count). The Morgan fingerprint density at radius 2 is 2.15 bits per heavy atom. The van der Waals surface area contributed by atoms with Crippen molar-refractivity contribution in [2.45, 2.75) is 0 Å². The van der Waals surface area contributed by atoms with Gasteiger partial charge in [-0.15, -0.1) is 0 Å². The van der Waals surface area contributed by atoms with Crippen molar-refractivity contribution in [3.8, 4) is 0 Å². The summed E-state index contributed by atoms with van der Waals surface area (Å²) in [5.74, 6) is 0. The predicted molar refractivity (Wildman–Crippen MR) is 52.8 cm³/mol. The molecule has 0 atom stereocenters. The quantitative estimate of drug-likeness (QED) is 0.703. The van der Waals surface area contributed by atoms with Gasteiger partial charge >= 0.3 is 7.12 Å². The number of H-pyrrole nitrogens is 1. The van der Waals surface area contributed by atoms with E-state index in [0.717, 1.165) is 10.9 Å². The molecule has 0 unspecified atom stereocenters. The van der Waals surface area contributed by atoms with E-state index in [9.17, 15) is 5.02 Å². The van der Waals surface area contributed by atoms with E-state index in [1.807, 2.05) is 24.3 Å². The van der Waals surface area contributed by atoms with E-state index in [-0.39, 0.29) is 0 Å². The van der Waals surface area contributed by atoms with Gasteiger partial charge in [0.2, 0.25) is 0 Å². The van der Waals surface area contributed by atoms with Gasteiger partial charge in [-0.05, 0) is 17.5 Å². The highest BCUT2D eigenvalue weighted by Crippen LogP contribution is 2.09. The van der Waals surface area contributed by atoms with Crippen LogP contribution in [0.15, 0.2) is 30.3 Å². The third-order valence-corrected chi connectivity index (χ3v) is 2.07. The second-order valence-corrected chi connectivity index (χ2v) is 2.93. The average Bonchev–Trinajstić information content (AvgIpc) is 2.59. The van der Waals surface area contributed by atoms with Crippen LogP contribution in [-0.4, -0.2) is 17.1 Å². The highest BCUT2D eigenvalue weighted by atomic mass is 35.5. The number of rotatable bonds is 2. The molecule has 0 bridgehead atoms. The minimum absolute atomic E-state index is 0.552. The zero-order chi connectivity index (χ0) is 9.26. The number of benzene rings is 1. The maximum absolute atomic E-state index is 9.24. The van der Waals surface area contributed by atoms with E-state index < -0.39 is 7.12 Å². The van der Waals surface area contributed by atoms with Crippen LogP contribution in [0, 0.1) is 0 Å². The average molecular weight is 195 g/mol. The molecule has 0 fully saturated rings. The van der Waals surface area contributed by atoms with Crippen LogP contribution in [0.25, 0.3) is 10.9 Å². The molecule has 0 saturated carbocycles. The summed E-state index contributed by atoms with van der Waals surface area (Å²) in [7, 11) is -1.10. The Hall–Kier alpha value is -0.965. The molecule has 1 aromatic heterocycles. The lowest BCUT2D eigenvalue weighted by atomic mass is 9.86. The molecule has 0 radical (unpaired) electrons. The van der Waals surface area contributed by atoms with Gasteiger partial charge in [-0.25, -0.2) is 0 Å². The minimum Gasteiger partial charge on any atom is -0.421 e. The first-order chi connectivity index (χ1) is 6.31. The lowest BCUT2D eigenvalue weighted by Gasteiger charge is -1.95. The van der Waals surface area contributed by atoms with Crippen molar-refractivity contribution in [2.24, 2.45) is 0 Å². The fourth-order valence-electron chi connectivity index (χ4n) is 1.28. The van der Waals surface area contributed by atoms with Crippen LogP contribution in [0.3, 0.4) is 0 Å². The maximum Gasteiger partial charge on any atom is 0.525 e. The third kappa shape index (κ3) is 1.56. The van der Waals surface area contributed by atoms with Crippen LogP contribution < -0.4 is 5.59 Å². The number of para-hydroxylation sites is 1. The fraction of sp³-hybridized carbons (Fsp3) is 0. The maximum atomic E-state index is 9.24. The van der Waals surface area contributed by atoms with E-state index in [0.29, 0.717) is 5.59 Å². The summed E-state index contributed by atoms with van der Waals surface area (Å²) in [6.45, 7) is 0. The normalized spacial score (nSPS) is 10.6. The SMILES string of the molecule is OB(OCl)c1cc2ccccc2[nH]1. The Morgan fingerprint density at radius 1 is 1.38 bits per heavy atom. The van der Waals surface area contributed by atoms with Crippen LogP contribution in [0.2, 0.25) is 0 Å². The standard InChI is InChI=1S/C8H7BClNO2/c10-13-9(12)8-5-6-3-1-2-4-7(6)11-8/h1-5,11-12H. The van der Waals surface area contributed by atoms with Gasteiger partial charge in [0.1, 0.15) is 0 Å². The van der Waals surface area contributed by atoms with Crippen LogP contribution in [0.4, 0.5) is 0 Å². The summed E-state index contributed by atoms with van der Waals surface area (Å²) >= 11 is 5.04. The molecule has 0 saturated heterocycles. The monoisotopic (exact) mass is 195 g/mol. The van der Waals surface area contributed by atoms with Gasteiger partial charge in [-0.3, -0.25) is 0 Å².